The topological polar surface area (TPSA) is 61.7 Å². The molecule has 2 aromatic heterocycles. The van der Waals surface area contributed by atoms with E-state index in [2.05, 4.69) is 15.3 Å². The summed E-state index contributed by atoms with van der Waals surface area (Å²) >= 11 is 5.90. The van der Waals surface area contributed by atoms with Crippen LogP contribution in [0.2, 0.25) is 5.15 Å². The average Bonchev–Trinajstić information content (AvgIpc) is 3.27. The summed E-state index contributed by atoms with van der Waals surface area (Å²) in [6.45, 7) is 0.975. The highest BCUT2D eigenvalue weighted by atomic mass is 35.5. The van der Waals surface area contributed by atoms with Crippen molar-refractivity contribution < 1.29 is 0 Å². The second-order valence-corrected chi connectivity index (χ2v) is 5.38. The first kappa shape index (κ1) is 13.1. The van der Waals surface area contributed by atoms with Crippen LogP contribution in [0.25, 0.3) is 16.6 Å². The number of halogens is 1. The molecule has 1 aliphatic rings. The van der Waals surface area contributed by atoms with Crippen LogP contribution in [0, 0.1) is 11.3 Å². The molecule has 0 amide bonds. The fourth-order valence-electron chi connectivity index (χ4n) is 2.01. The zero-order chi connectivity index (χ0) is 13.9. The van der Waals surface area contributed by atoms with E-state index >= 15 is 0 Å². The molecule has 1 aliphatic carbocycles. The van der Waals surface area contributed by atoms with E-state index in [1.807, 2.05) is 18.3 Å². The van der Waals surface area contributed by atoms with Crippen LogP contribution in [0.4, 0.5) is 0 Å². The summed E-state index contributed by atoms with van der Waals surface area (Å²) in [5.74, 6) is 0.799. The molecule has 0 spiro atoms. The number of pyridine rings is 2. The fourth-order valence-corrected chi connectivity index (χ4v) is 2.16. The van der Waals surface area contributed by atoms with Gasteiger partial charge in [0.1, 0.15) is 5.15 Å². The summed E-state index contributed by atoms with van der Waals surface area (Å²) in [6.07, 6.45) is 7.57. The molecule has 0 atom stereocenters. The normalized spacial score (nSPS) is 15.3. The van der Waals surface area contributed by atoms with Crippen molar-refractivity contribution in [3.05, 3.63) is 41.3 Å². The Morgan fingerprint density at radius 3 is 3.00 bits per heavy atom. The molecule has 102 valence electrons. The van der Waals surface area contributed by atoms with E-state index in [-0.39, 0.29) is 0 Å². The molecule has 3 rings (SSSR count). The molecule has 1 fully saturated rings. The third-order valence-electron chi connectivity index (χ3n) is 3.35. The number of nitrogens with zero attached hydrogens (tertiary/aromatic N) is 2. The van der Waals surface area contributed by atoms with Gasteiger partial charge in [0.25, 0.3) is 0 Å². The minimum atomic E-state index is 0.448. The highest BCUT2D eigenvalue weighted by molar-refractivity contribution is 6.29. The number of fused-ring (bicyclic) bond motifs is 1. The summed E-state index contributed by atoms with van der Waals surface area (Å²) in [4.78, 5) is 8.61. The standard InChI is InChI=1S/C15H15ClN4/c16-15-4-3-13-14(20-15)5-11(9-19-13)12(6-17)8-18-7-10-1-2-10/h3-6,8-10,17-18H,1-2,7H2/b12-8+,17-6?. The highest BCUT2D eigenvalue weighted by Crippen LogP contribution is 2.27. The molecule has 0 aliphatic heterocycles. The van der Waals surface area contributed by atoms with Gasteiger partial charge in [0.05, 0.1) is 11.0 Å². The zero-order valence-corrected chi connectivity index (χ0v) is 11.7. The molecule has 4 nitrogen and oxygen atoms in total. The van der Waals surface area contributed by atoms with Gasteiger partial charge < -0.3 is 10.7 Å². The first-order valence-corrected chi connectivity index (χ1v) is 7.01. The van der Waals surface area contributed by atoms with E-state index in [0.717, 1.165) is 34.6 Å². The predicted octanol–water partition coefficient (Wildman–Crippen LogP) is 3.27. The van der Waals surface area contributed by atoms with E-state index in [9.17, 15) is 0 Å². The van der Waals surface area contributed by atoms with Crippen LogP contribution in [-0.2, 0) is 0 Å². The Morgan fingerprint density at radius 1 is 1.40 bits per heavy atom. The molecule has 5 heteroatoms. The van der Waals surface area contributed by atoms with Crippen molar-refractivity contribution >= 4 is 34.4 Å². The quantitative estimate of drug-likeness (QED) is 0.655. The van der Waals surface area contributed by atoms with E-state index in [1.54, 1.807) is 12.3 Å². The Morgan fingerprint density at radius 2 is 2.25 bits per heavy atom. The molecule has 2 N–H and O–H groups in total. The first-order valence-electron chi connectivity index (χ1n) is 6.63. The maximum absolute atomic E-state index is 7.54. The van der Waals surface area contributed by atoms with Crippen LogP contribution >= 0.6 is 11.6 Å². The summed E-state index contributed by atoms with van der Waals surface area (Å²) < 4.78 is 0. The van der Waals surface area contributed by atoms with E-state index in [0.29, 0.717) is 5.15 Å². The van der Waals surface area contributed by atoms with Crippen LogP contribution in [0.15, 0.2) is 30.6 Å². The molecular formula is C15H15ClN4. The van der Waals surface area contributed by atoms with Crippen molar-refractivity contribution in [2.75, 3.05) is 6.54 Å². The van der Waals surface area contributed by atoms with E-state index in [4.69, 9.17) is 17.0 Å². The van der Waals surface area contributed by atoms with Gasteiger partial charge in [-0.2, -0.15) is 0 Å². The van der Waals surface area contributed by atoms with E-state index in [1.165, 1.54) is 19.1 Å². The average molecular weight is 287 g/mol. The van der Waals surface area contributed by atoms with Crippen LogP contribution < -0.4 is 5.32 Å². The molecule has 2 heterocycles. The van der Waals surface area contributed by atoms with Crippen molar-refractivity contribution in [1.82, 2.24) is 15.3 Å². The second kappa shape index (κ2) is 5.59. The molecule has 20 heavy (non-hydrogen) atoms. The van der Waals surface area contributed by atoms with Gasteiger partial charge >= 0.3 is 0 Å². The summed E-state index contributed by atoms with van der Waals surface area (Å²) in [5, 5.41) is 11.3. The maximum atomic E-state index is 7.54. The lowest BCUT2D eigenvalue weighted by molar-refractivity contribution is 0.749. The smallest absolute Gasteiger partial charge is 0.129 e. The third-order valence-corrected chi connectivity index (χ3v) is 3.56. The number of allylic oxidation sites excluding steroid dienone is 1. The molecule has 0 saturated heterocycles. The number of hydrogen-bond acceptors (Lipinski definition) is 4. The van der Waals surface area contributed by atoms with Crippen molar-refractivity contribution in [3.8, 4) is 0 Å². The SMILES string of the molecule is N=C/C(=C\NCC1CC1)c1cnc2ccc(Cl)nc2c1. The van der Waals surface area contributed by atoms with Gasteiger partial charge in [-0.05, 0) is 37.0 Å². The number of hydrogen-bond donors (Lipinski definition) is 2. The van der Waals surface area contributed by atoms with E-state index < -0.39 is 0 Å². The van der Waals surface area contributed by atoms with Gasteiger partial charge in [0.2, 0.25) is 0 Å². The Balaban J connectivity index is 1.87. The highest BCUT2D eigenvalue weighted by Gasteiger charge is 2.19. The molecule has 0 aromatic carbocycles. The Hall–Kier alpha value is -1.94. The monoisotopic (exact) mass is 286 g/mol. The lowest BCUT2D eigenvalue weighted by Crippen LogP contribution is -2.10. The lowest BCUT2D eigenvalue weighted by atomic mass is 10.1. The molecule has 2 aromatic rings. The predicted molar refractivity (Wildman–Crippen MR) is 82.0 cm³/mol. The van der Waals surface area contributed by atoms with Gasteiger partial charge in [-0.15, -0.1) is 0 Å². The largest absolute Gasteiger partial charge is 0.390 e. The van der Waals surface area contributed by atoms with Gasteiger partial charge in [-0.25, -0.2) is 4.98 Å². The van der Waals surface area contributed by atoms with Crippen LogP contribution in [0.3, 0.4) is 0 Å². The number of nitrogens with one attached hydrogen (secondary N) is 2. The number of aromatic nitrogens is 2. The lowest BCUT2D eigenvalue weighted by Gasteiger charge is -2.05. The van der Waals surface area contributed by atoms with Crippen molar-refractivity contribution in [1.29, 1.82) is 5.41 Å². The Kier molecular flexibility index (Phi) is 3.65. The van der Waals surface area contributed by atoms with Gasteiger partial charge in [-0.1, -0.05) is 11.6 Å². The van der Waals surface area contributed by atoms with Gasteiger partial charge in [0.15, 0.2) is 0 Å². The van der Waals surface area contributed by atoms with Crippen molar-refractivity contribution in [3.63, 3.8) is 0 Å². The molecule has 1 saturated carbocycles. The Labute approximate surface area is 122 Å². The van der Waals surface area contributed by atoms with Crippen molar-refractivity contribution in [2.24, 2.45) is 5.92 Å². The fraction of sp³-hybridized carbons (Fsp3) is 0.267. The first-order chi connectivity index (χ1) is 9.76. The minimum absolute atomic E-state index is 0.448. The summed E-state index contributed by atoms with van der Waals surface area (Å²) in [7, 11) is 0. The molecular weight excluding hydrogens is 272 g/mol. The van der Waals surface area contributed by atoms with Crippen molar-refractivity contribution in [2.45, 2.75) is 12.8 Å². The molecule has 0 bridgehead atoms. The van der Waals surface area contributed by atoms with Crippen LogP contribution in [0.5, 0.6) is 0 Å². The Bertz CT molecular complexity index is 677. The van der Waals surface area contributed by atoms with Crippen LogP contribution in [-0.4, -0.2) is 22.7 Å². The van der Waals surface area contributed by atoms with Gasteiger partial charge in [0, 0.05) is 36.3 Å². The molecule has 0 unspecified atom stereocenters. The third kappa shape index (κ3) is 2.96. The zero-order valence-electron chi connectivity index (χ0n) is 10.9. The minimum Gasteiger partial charge on any atom is -0.390 e. The maximum Gasteiger partial charge on any atom is 0.129 e. The van der Waals surface area contributed by atoms with Gasteiger partial charge in [-0.3, -0.25) is 4.98 Å². The summed E-state index contributed by atoms with van der Waals surface area (Å²) in [6, 6.07) is 5.47. The number of rotatable bonds is 5. The second-order valence-electron chi connectivity index (χ2n) is 4.99. The molecule has 0 radical (unpaired) electrons. The van der Waals surface area contributed by atoms with Crippen LogP contribution in [0.1, 0.15) is 18.4 Å². The summed E-state index contributed by atoms with van der Waals surface area (Å²) in [5.41, 5.74) is 3.20.